The predicted octanol–water partition coefficient (Wildman–Crippen LogP) is 13.6. The summed E-state index contributed by atoms with van der Waals surface area (Å²) in [7, 11) is 9.27. The van der Waals surface area contributed by atoms with Gasteiger partial charge in [0.05, 0.1) is 88.3 Å². The molecule has 0 atom stereocenters. The molecule has 0 aliphatic carbocycles. The van der Waals surface area contributed by atoms with Crippen LogP contribution >= 0.6 is 11.6 Å². The number of benzene rings is 8. The van der Waals surface area contributed by atoms with Gasteiger partial charge in [0.2, 0.25) is 0 Å². The molecule has 6 aromatic heterocycles. The van der Waals surface area contributed by atoms with Crippen LogP contribution in [0.3, 0.4) is 0 Å². The van der Waals surface area contributed by atoms with E-state index in [1.807, 2.05) is 202 Å². The SMILES string of the molecule is CCc1n[nH]c(=O)c2ccc(-c3cnn(C)c3-c3ccc(F)cc3)cc12.CCc1n[nH]c(=O)c2ccc(-c3cnn(C)c3-c3cccc(OC)c3)cc12.Cc1cccc(-c2c(-c3ccc4c(c3)C(CN)=NCC4=O)cnn2C)c1.Cn1ncc(-c2ccc3c(c2)C(CN)=NCC3=O)c1-c1cccc(Cl)c1. The molecule has 14 aromatic rings. The zero-order valence-corrected chi connectivity index (χ0v) is 59.8. The first-order valence-corrected chi connectivity index (χ1v) is 34.4. The summed E-state index contributed by atoms with van der Waals surface area (Å²) < 4.78 is 26.0. The number of carbonyl (C=O) groups excluding carboxylic acids is 2. The van der Waals surface area contributed by atoms with E-state index >= 15 is 0 Å². The number of aromatic nitrogens is 12. The molecule has 526 valence electrons. The number of rotatable bonds is 13. The minimum atomic E-state index is -0.277. The maximum Gasteiger partial charge on any atom is 0.272 e. The van der Waals surface area contributed by atoms with Crippen molar-refractivity contribution in [2.45, 2.75) is 33.6 Å². The number of nitrogens with zero attached hydrogens (tertiary/aromatic N) is 12. The van der Waals surface area contributed by atoms with Crippen LogP contribution < -0.4 is 27.3 Å². The van der Waals surface area contributed by atoms with Crippen molar-refractivity contribution >= 4 is 56.1 Å². The Morgan fingerprint density at radius 1 is 0.438 bits per heavy atom. The Hall–Kier alpha value is -12.5. The number of methoxy groups -OCH3 is 1. The van der Waals surface area contributed by atoms with Crippen molar-refractivity contribution in [2.75, 3.05) is 33.3 Å². The van der Waals surface area contributed by atoms with E-state index in [0.29, 0.717) is 46.4 Å². The van der Waals surface area contributed by atoms with Gasteiger partial charge in [-0.25, -0.2) is 14.6 Å². The van der Waals surface area contributed by atoms with Crippen molar-refractivity contribution in [3.8, 4) is 95.3 Å². The average Bonchev–Trinajstić information content (AvgIpc) is 1.77. The number of halogens is 2. The van der Waals surface area contributed by atoms with Crippen LogP contribution in [-0.4, -0.2) is 116 Å². The average molecular weight is 1420 g/mol. The van der Waals surface area contributed by atoms with Crippen molar-refractivity contribution in [1.29, 1.82) is 0 Å². The first kappa shape index (κ1) is 70.9. The highest BCUT2D eigenvalue weighted by Crippen LogP contribution is 2.39. The lowest BCUT2D eigenvalue weighted by molar-refractivity contribution is 0.0992. The number of Topliss-reactive ketones (excluding diaryl/α,β-unsaturated/α-hetero) is 2. The van der Waals surface area contributed by atoms with Gasteiger partial charge in [0.1, 0.15) is 24.7 Å². The summed E-state index contributed by atoms with van der Waals surface area (Å²) in [6.07, 6.45) is 8.78. The van der Waals surface area contributed by atoms with E-state index in [0.717, 1.165) is 146 Å². The van der Waals surface area contributed by atoms with Gasteiger partial charge in [0, 0.05) is 124 Å². The molecule has 105 heavy (non-hydrogen) atoms. The highest BCUT2D eigenvalue weighted by molar-refractivity contribution is 6.31. The van der Waals surface area contributed by atoms with Crippen molar-refractivity contribution < 1.29 is 18.7 Å². The molecule has 8 heterocycles. The Labute approximate surface area is 608 Å². The number of nitrogens with one attached hydrogen (secondary N) is 2. The number of hydrogen-bond donors (Lipinski definition) is 4. The van der Waals surface area contributed by atoms with Crippen LogP contribution in [0.2, 0.25) is 5.02 Å². The Morgan fingerprint density at radius 2 is 0.829 bits per heavy atom. The lowest BCUT2D eigenvalue weighted by Crippen LogP contribution is -2.24. The number of H-pyrrole nitrogens is 2. The fourth-order valence-corrected chi connectivity index (χ4v) is 13.7. The second-order valence-electron chi connectivity index (χ2n) is 25.3. The van der Waals surface area contributed by atoms with Gasteiger partial charge >= 0.3 is 0 Å². The molecule has 8 aromatic carbocycles. The van der Waals surface area contributed by atoms with Crippen molar-refractivity contribution in [1.82, 2.24) is 59.5 Å². The topological polar surface area (TPSA) is 283 Å². The summed E-state index contributed by atoms with van der Waals surface area (Å²) in [5.41, 5.74) is 34.4. The van der Waals surface area contributed by atoms with Gasteiger partial charge in [-0.3, -0.25) is 47.9 Å². The molecule has 0 radical (unpaired) electrons. The number of nitrogens with two attached hydrogens (primary N) is 2. The van der Waals surface area contributed by atoms with E-state index in [4.69, 9.17) is 27.8 Å². The molecule has 0 saturated heterocycles. The summed E-state index contributed by atoms with van der Waals surface area (Å²) in [6, 6.07) is 53.4. The standard InChI is InChI=1S/C21H20N4O2.C21H20N4O.C20H17ClN4O.C20H17FN4O/c1-4-19-17-11-13(8-9-16(17)21(26)24-23-19)18-12-22-25(2)20(18)14-6-5-7-15(10-14)27-3;1-13-4-3-5-15(8-13)21-18(11-24-25(21)2)14-6-7-16-17(9-14)19(10-22)23-12-20(16)26;1-25-20(13-3-2-4-14(21)7-13)17(10-24-25)12-5-6-15-16(8-12)18(9-22)23-11-19(15)26;1-3-18-16-10-13(6-9-15(16)20(26)24-23-18)17-11-22-25(2)19(17)12-4-7-14(21)8-5-12/h5-12H,4H2,1-3H3,(H,24,26);3-9,11H,10,12,22H2,1-2H3;2-8,10H,9,11,22H2,1H3;4-11H,3H2,1-2H3,(H,24,26). The molecule has 0 bridgehead atoms. The minimum Gasteiger partial charge on any atom is -0.497 e. The fourth-order valence-electron chi connectivity index (χ4n) is 13.5. The molecule has 0 spiro atoms. The van der Waals surface area contributed by atoms with E-state index in [2.05, 4.69) is 75.9 Å². The van der Waals surface area contributed by atoms with Crippen molar-refractivity contribution in [3.63, 3.8) is 0 Å². The number of ether oxygens (including phenoxy) is 1. The molecule has 6 N–H and O–H groups in total. The Kier molecular flexibility index (Phi) is 20.7. The molecule has 21 nitrogen and oxygen atoms in total. The zero-order valence-electron chi connectivity index (χ0n) is 59.0. The van der Waals surface area contributed by atoms with Crippen LogP contribution in [-0.2, 0) is 41.0 Å². The molecule has 0 unspecified atom stereocenters. The van der Waals surface area contributed by atoms with E-state index in [9.17, 15) is 23.6 Å². The lowest BCUT2D eigenvalue weighted by atomic mass is 9.91. The van der Waals surface area contributed by atoms with Crippen molar-refractivity contribution in [3.05, 3.63) is 265 Å². The van der Waals surface area contributed by atoms with Gasteiger partial charge in [0.25, 0.3) is 11.1 Å². The highest BCUT2D eigenvalue weighted by Gasteiger charge is 2.25. The molecule has 23 heteroatoms. The van der Waals surface area contributed by atoms with Crippen LogP contribution in [0.1, 0.15) is 62.6 Å². The van der Waals surface area contributed by atoms with E-state index in [1.54, 1.807) is 30.1 Å². The summed E-state index contributed by atoms with van der Waals surface area (Å²) in [6.45, 7) is 7.08. The maximum atomic E-state index is 13.3. The molecular weight excluding hydrogens is 1340 g/mol. The number of aliphatic imine (C=N–C) groups is 2. The second kappa shape index (κ2) is 30.6. The van der Waals surface area contributed by atoms with Crippen LogP contribution in [0, 0.1) is 12.7 Å². The molecule has 2 aliphatic rings. The normalized spacial score (nSPS) is 12.3. The largest absolute Gasteiger partial charge is 0.497 e. The highest BCUT2D eigenvalue weighted by atomic mass is 35.5. The number of aryl methyl sites for hydroxylation is 7. The van der Waals surface area contributed by atoms with Gasteiger partial charge in [-0.15, -0.1) is 0 Å². The maximum absolute atomic E-state index is 13.3. The molecular formula is C82H74ClFN16O5. The van der Waals surface area contributed by atoms with Crippen LogP contribution in [0.25, 0.3) is 111 Å². The van der Waals surface area contributed by atoms with Gasteiger partial charge in [-0.1, -0.05) is 110 Å². The third kappa shape index (κ3) is 14.4. The Morgan fingerprint density at radius 3 is 1.25 bits per heavy atom. The van der Waals surface area contributed by atoms with Crippen LogP contribution in [0.4, 0.5) is 4.39 Å². The fraction of sp³-hybridized carbons (Fsp3) is 0.171. The van der Waals surface area contributed by atoms with Crippen LogP contribution in [0.15, 0.2) is 214 Å². The van der Waals surface area contributed by atoms with E-state index in [-0.39, 0.29) is 41.6 Å². The first-order valence-electron chi connectivity index (χ1n) is 34.0. The minimum absolute atomic E-state index is 0.0185. The zero-order chi connectivity index (χ0) is 73.7. The number of hydrogen-bond acceptors (Lipinski definition) is 15. The van der Waals surface area contributed by atoms with Gasteiger partial charge in [0.15, 0.2) is 11.6 Å². The monoisotopic (exact) mass is 1420 g/mol. The molecule has 0 amide bonds. The second-order valence-corrected chi connectivity index (χ2v) is 25.7. The van der Waals surface area contributed by atoms with E-state index < -0.39 is 0 Å². The number of ketones is 2. The lowest BCUT2D eigenvalue weighted by Gasteiger charge is -2.16. The first-order chi connectivity index (χ1) is 50.9. The number of fused-ring (bicyclic) bond motifs is 4. The summed E-state index contributed by atoms with van der Waals surface area (Å²) in [5.74, 6) is 0.571. The number of carbonyl (C=O) groups is 2. The predicted molar refractivity (Wildman–Crippen MR) is 413 cm³/mol. The van der Waals surface area contributed by atoms with Crippen LogP contribution in [0.5, 0.6) is 5.75 Å². The molecule has 0 fully saturated rings. The smallest absolute Gasteiger partial charge is 0.272 e. The summed E-state index contributed by atoms with van der Waals surface area (Å²) >= 11 is 6.16. The molecule has 0 saturated carbocycles. The Bertz CT molecular complexity index is 5710. The van der Waals surface area contributed by atoms with Gasteiger partial charge in [-0.2, -0.15) is 30.6 Å². The quantitative estimate of drug-likeness (QED) is 0.0836. The van der Waals surface area contributed by atoms with Crippen molar-refractivity contribution in [2.24, 2.45) is 49.6 Å². The Balaban J connectivity index is 0.000000124. The third-order valence-electron chi connectivity index (χ3n) is 18.7. The molecule has 2 aliphatic heterocycles. The van der Waals surface area contributed by atoms with E-state index in [1.165, 1.54) is 17.7 Å². The number of aromatic amines is 2. The third-order valence-corrected chi connectivity index (χ3v) is 19.0. The van der Waals surface area contributed by atoms with Gasteiger partial charge < -0.3 is 16.2 Å². The molecule has 16 rings (SSSR count). The van der Waals surface area contributed by atoms with Gasteiger partial charge in [-0.05, 0) is 133 Å². The summed E-state index contributed by atoms with van der Waals surface area (Å²) in [4.78, 5) is 57.1. The summed E-state index contributed by atoms with van der Waals surface area (Å²) in [5, 5.41) is 34.8.